The summed E-state index contributed by atoms with van der Waals surface area (Å²) in [5.41, 5.74) is 3.00. The van der Waals surface area contributed by atoms with Crippen molar-refractivity contribution in [1.82, 2.24) is 0 Å². The summed E-state index contributed by atoms with van der Waals surface area (Å²) < 4.78 is 6.12. The third-order valence-corrected chi connectivity index (χ3v) is 5.20. The Balaban J connectivity index is 2.42. The van der Waals surface area contributed by atoms with Crippen LogP contribution in [0.4, 0.5) is 0 Å². The molecule has 0 amide bonds. The van der Waals surface area contributed by atoms with Gasteiger partial charge in [-0.1, -0.05) is 86.1 Å². The fourth-order valence-electron chi connectivity index (χ4n) is 3.00. The van der Waals surface area contributed by atoms with E-state index in [1.807, 2.05) is 0 Å². The first-order chi connectivity index (χ1) is 12.1. The van der Waals surface area contributed by atoms with Gasteiger partial charge in [-0.2, -0.15) is 0 Å². The third kappa shape index (κ3) is 9.31. The zero-order valence-electron chi connectivity index (χ0n) is 18.1. The quantitative estimate of drug-likeness (QED) is 0.279. The Kier molecular flexibility index (Phi) is 10.1. The molecular formula is C24H41ClO. The Morgan fingerprint density at radius 1 is 0.654 bits per heavy atom. The second kappa shape index (κ2) is 11.2. The summed E-state index contributed by atoms with van der Waals surface area (Å²) in [7, 11) is 0. The number of unbranched alkanes of at least 4 members (excludes halogenated alkanes) is 7. The van der Waals surface area contributed by atoms with Crippen LogP contribution in [0.25, 0.3) is 0 Å². The van der Waals surface area contributed by atoms with Crippen LogP contribution in [0.3, 0.4) is 0 Å². The zero-order valence-corrected chi connectivity index (χ0v) is 18.8. The average molecular weight is 381 g/mol. The van der Waals surface area contributed by atoms with Gasteiger partial charge in [0.15, 0.2) is 0 Å². The van der Waals surface area contributed by atoms with Crippen LogP contribution in [0.1, 0.15) is 104 Å². The second-order valence-electron chi connectivity index (χ2n) is 9.61. The van der Waals surface area contributed by atoms with Crippen molar-refractivity contribution in [1.29, 1.82) is 0 Å². The van der Waals surface area contributed by atoms with Crippen molar-refractivity contribution in [3.8, 4) is 5.75 Å². The molecule has 0 aromatic heterocycles. The molecule has 0 bridgehead atoms. The molecule has 1 nitrogen and oxygen atoms in total. The summed E-state index contributed by atoms with van der Waals surface area (Å²) in [4.78, 5) is 0. The lowest BCUT2D eigenvalue weighted by Gasteiger charge is -2.26. The lowest BCUT2D eigenvalue weighted by atomic mass is 9.80. The number of benzene rings is 1. The highest BCUT2D eigenvalue weighted by Gasteiger charge is 2.20. The van der Waals surface area contributed by atoms with Gasteiger partial charge in [0.2, 0.25) is 0 Å². The van der Waals surface area contributed by atoms with E-state index in [9.17, 15) is 0 Å². The number of rotatable bonds is 11. The summed E-state index contributed by atoms with van der Waals surface area (Å²) >= 11 is 5.70. The lowest BCUT2D eigenvalue weighted by Crippen LogP contribution is -2.16. The van der Waals surface area contributed by atoms with E-state index in [0.717, 1.165) is 24.7 Å². The van der Waals surface area contributed by atoms with Gasteiger partial charge in [-0.15, -0.1) is 11.6 Å². The van der Waals surface area contributed by atoms with Gasteiger partial charge in [-0.05, 0) is 46.9 Å². The van der Waals surface area contributed by atoms with Gasteiger partial charge in [0.05, 0.1) is 6.61 Å². The van der Waals surface area contributed by atoms with Crippen LogP contribution in [0.15, 0.2) is 18.2 Å². The molecule has 0 radical (unpaired) electrons. The smallest absolute Gasteiger partial charge is 0.119 e. The SMILES string of the molecule is CC(C)(C)c1cc(OCCCCCCCCCCCl)cc(C(C)(C)C)c1. The molecule has 0 fully saturated rings. The first kappa shape index (κ1) is 23.3. The van der Waals surface area contributed by atoms with Gasteiger partial charge in [0.1, 0.15) is 5.75 Å². The summed E-state index contributed by atoms with van der Waals surface area (Å²) in [6, 6.07) is 6.80. The Labute approximate surface area is 167 Å². The normalized spacial score (nSPS) is 12.4. The predicted molar refractivity (Wildman–Crippen MR) is 117 cm³/mol. The zero-order chi connectivity index (χ0) is 19.6. The Morgan fingerprint density at radius 2 is 1.08 bits per heavy atom. The van der Waals surface area contributed by atoms with E-state index >= 15 is 0 Å². The summed E-state index contributed by atoms with van der Waals surface area (Å²) in [5.74, 6) is 1.84. The van der Waals surface area contributed by atoms with Crippen LogP contribution in [-0.2, 0) is 10.8 Å². The van der Waals surface area contributed by atoms with Crippen molar-refractivity contribution >= 4 is 11.6 Å². The number of halogens is 1. The fourth-order valence-corrected chi connectivity index (χ4v) is 3.18. The lowest BCUT2D eigenvalue weighted by molar-refractivity contribution is 0.302. The largest absolute Gasteiger partial charge is 0.494 e. The van der Waals surface area contributed by atoms with E-state index in [-0.39, 0.29) is 10.8 Å². The predicted octanol–water partition coefficient (Wildman–Crippen LogP) is 8.02. The monoisotopic (exact) mass is 380 g/mol. The van der Waals surface area contributed by atoms with E-state index in [1.54, 1.807) is 0 Å². The summed E-state index contributed by atoms with van der Waals surface area (Å²) in [6.45, 7) is 14.4. The van der Waals surface area contributed by atoms with Crippen LogP contribution < -0.4 is 4.74 Å². The molecule has 150 valence electrons. The minimum absolute atomic E-state index is 0.142. The third-order valence-electron chi connectivity index (χ3n) is 4.94. The van der Waals surface area contributed by atoms with E-state index in [1.165, 1.54) is 56.1 Å². The van der Waals surface area contributed by atoms with Gasteiger partial charge in [0, 0.05) is 5.88 Å². The summed E-state index contributed by atoms with van der Waals surface area (Å²) in [6.07, 6.45) is 10.2. The van der Waals surface area contributed by atoms with Crippen LogP contribution >= 0.6 is 11.6 Å². The first-order valence-corrected chi connectivity index (χ1v) is 11.0. The summed E-state index contributed by atoms with van der Waals surface area (Å²) in [5, 5.41) is 0. The Morgan fingerprint density at radius 3 is 1.50 bits per heavy atom. The standard InChI is InChI=1S/C24H41ClO/c1-23(2,3)20-17-21(24(4,5)6)19-22(18-20)26-16-14-12-10-8-7-9-11-13-15-25/h17-19H,7-16H2,1-6H3. The molecule has 0 aliphatic rings. The van der Waals surface area contributed by atoms with Gasteiger partial charge in [-0.3, -0.25) is 0 Å². The van der Waals surface area contributed by atoms with Crippen molar-refractivity contribution in [3.63, 3.8) is 0 Å². The highest BCUT2D eigenvalue weighted by molar-refractivity contribution is 6.17. The maximum atomic E-state index is 6.12. The minimum atomic E-state index is 0.142. The van der Waals surface area contributed by atoms with E-state index < -0.39 is 0 Å². The Hall–Kier alpha value is -0.690. The van der Waals surface area contributed by atoms with E-state index in [2.05, 4.69) is 59.7 Å². The number of hydrogen-bond donors (Lipinski definition) is 0. The molecular weight excluding hydrogens is 340 g/mol. The van der Waals surface area contributed by atoms with Crippen molar-refractivity contribution < 1.29 is 4.74 Å². The van der Waals surface area contributed by atoms with Gasteiger partial charge >= 0.3 is 0 Å². The molecule has 0 aliphatic heterocycles. The molecule has 0 N–H and O–H groups in total. The van der Waals surface area contributed by atoms with Gasteiger partial charge < -0.3 is 4.74 Å². The average Bonchev–Trinajstić information content (AvgIpc) is 2.54. The maximum Gasteiger partial charge on any atom is 0.119 e. The molecule has 0 spiro atoms. The van der Waals surface area contributed by atoms with Crippen molar-refractivity contribution in [2.75, 3.05) is 12.5 Å². The maximum absolute atomic E-state index is 6.12. The molecule has 0 atom stereocenters. The number of ether oxygens (including phenoxy) is 1. The van der Waals surface area contributed by atoms with E-state index in [0.29, 0.717) is 0 Å². The molecule has 2 heteroatoms. The van der Waals surface area contributed by atoms with Crippen LogP contribution in [0.2, 0.25) is 0 Å². The number of alkyl halides is 1. The second-order valence-corrected chi connectivity index (χ2v) is 9.99. The highest BCUT2D eigenvalue weighted by Crippen LogP contribution is 2.33. The van der Waals surface area contributed by atoms with Gasteiger partial charge in [0.25, 0.3) is 0 Å². The molecule has 0 saturated heterocycles. The molecule has 0 unspecified atom stereocenters. The molecule has 0 heterocycles. The van der Waals surface area contributed by atoms with Crippen molar-refractivity contribution in [2.24, 2.45) is 0 Å². The minimum Gasteiger partial charge on any atom is -0.494 e. The molecule has 1 aromatic carbocycles. The first-order valence-electron chi connectivity index (χ1n) is 10.5. The molecule has 1 rings (SSSR count). The molecule has 26 heavy (non-hydrogen) atoms. The van der Waals surface area contributed by atoms with E-state index in [4.69, 9.17) is 16.3 Å². The number of hydrogen-bond acceptors (Lipinski definition) is 1. The van der Waals surface area contributed by atoms with Crippen molar-refractivity contribution in [2.45, 2.75) is 104 Å². The Bertz CT molecular complexity index is 476. The van der Waals surface area contributed by atoms with Crippen LogP contribution in [0, 0.1) is 0 Å². The molecule has 1 aromatic rings. The van der Waals surface area contributed by atoms with Crippen LogP contribution in [-0.4, -0.2) is 12.5 Å². The fraction of sp³-hybridized carbons (Fsp3) is 0.750. The topological polar surface area (TPSA) is 9.23 Å². The molecule has 0 saturated carbocycles. The highest BCUT2D eigenvalue weighted by atomic mass is 35.5. The van der Waals surface area contributed by atoms with Gasteiger partial charge in [-0.25, -0.2) is 0 Å². The van der Waals surface area contributed by atoms with Crippen LogP contribution in [0.5, 0.6) is 5.75 Å². The van der Waals surface area contributed by atoms with Crippen molar-refractivity contribution in [3.05, 3.63) is 29.3 Å². The molecule has 0 aliphatic carbocycles.